The second-order valence-corrected chi connectivity index (χ2v) is 4.84. The molecule has 1 heterocycles. The van der Waals surface area contributed by atoms with Crippen LogP contribution in [0.25, 0.3) is 0 Å². The van der Waals surface area contributed by atoms with Crippen molar-refractivity contribution in [3.8, 4) is 0 Å². The number of carbonyl (C=O) groups is 1. The van der Waals surface area contributed by atoms with E-state index < -0.39 is 0 Å². The number of likely N-dealkylation sites (tertiary alicyclic amines) is 1. The minimum absolute atomic E-state index is 0.236. The van der Waals surface area contributed by atoms with E-state index in [0.717, 1.165) is 25.2 Å². The van der Waals surface area contributed by atoms with Gasteiger partial charge < -0.3 is 4.74 Å². The number of hydrogen-bond acceptors (Lipinski definition) is 3. The Morgan fingerprint density at radius 2 is 1.83 bits per heavy atom. The summed E-state index contributed by atoms with van der Waals surface area (Å²) in [7, 11) is 1.44. The number of nitrogens with zero attached hydrogens (tertiary/aromatic N) is 1. The van der Waals surface area contributed by atoms with Crippen LogP contribution in [0.5, 0.6) is 0 Å². The molecule has 1 fully saturated rings. The van der Waals surface area contributed by atoms with Gasteiger partial charge in [0.25, 0.3) is 0 Å². The highest BCUT2D eigenvalue weighted by Crippen LogP contribution is 2.16. The molecule has 0 amide bonds. The molecule has 1 aliphatic rings. The molecule has 1 aliphatic heterocycles. The first-order valence-corrected chi connectivity index (χ1v) is 6.70. The predicted octanol–water partition coefficient (Wildman–Crippen LogP) is 2.85. The Labute approximate surface area is 109 Å². The molecule has 0 atom stereocenters. The summed E-state index contributed by atoms with van der Waals surface area (Å²) in [6.45, 7) is 3.12. The quantitative estimate of drug-likeness (QED) is 0.769. The molecule has 0 radical (unpaired) electrons. The van der Waals surface area contributed by atoms with Crippen molar-refractivity contribution in [2.75, 3.05) is 20.2 Å². The van der Waals surface area contributed by atoms with Gasteiger partial charge in [-0.25, -0.2) is 4.79 Å². The van der Waals surface area contributed by atoms with Crippen molar-refractivity contribution in [1.82, 2.24) is 4.90 Å². The minimum atomic E-state index is -0.236. The third-order valence-electron chi connectivity index (χ3n) is 3.52. The van der Waals surface area contributed by atoms with E-state index in [1.807, 2.05) is 24.3 Å². The van der Waals surface area contributed by atoms with Gasteiger partial charge >= 0.3 is 5.97 Å². The molecule has 0 aromatic heterocycles. The van der Waals surface area contributed by atoms with Gasteiger partial charge in [-0.1, -0.05) is 31.0 Å². The Balaban J connectivity index is 2.10. The number of hydrogen-bond donors (Lipinski definition) is 0. The summed E-state index contributed by atoms with van der Waals surface area (Å²) in [5, 5.41) is 0. The zero-order valence-corrected chi connectivity index (χ0v) is 11.0. The SMILES string of the molecule is COC(=O)c1ccccc1CN1CCCCCC1. The number of esters is 1. The van der Waals surface area contributed by atoms with Gasteiger partial charge in [-0.2, -0.15) is 0 Å². The van der Waals surface area contributed by atoms with Gasteiger partial charge in [0.1, 0.15) is 0 Å². The van der Waals surface area contributed by atoms with E-state index in [2.05, 4.69) is 4.90 Å². The molecule has 0 aliphatic carbocycles. The summed E-state index contributed by atoms with van der Waals surface area (Å²) >= 11 is 0. The monoisotopic (exact) mass is 247 g/mol. The second-order valence-electron chi connectivity index (χ2n) is 4.84. The average molecular weight is 247 g/mol. The van der Waals surface area contributed by atoms with Crippen LogP contribution in [0, 0.1) is 0 Å². The predicted molar refractivity (Wildman–Crippen MR) is 71.5 cm³/mol. The van der Waals surface area contributed by atoms with Crippen LogP contribution in [0.15, 0.2) is 24.3 Å². The summed E-state index contributed by atoms with van der Waals surface area (Å²) in [6, 6.07) is 7.74. The van der Waals surface area contributed by atoms with Crippen molar-refractivity contribution < 1.29 is 9.53 Å². The van der Waals surface area contributed by atoms with Gasteiger partial charge in [0.2, 0.25) is 0 Å². The van der Waals surface area contributed by atoms with Crippen LogP contribution in [0.2, 0.25) is 0 Å². The number of methoxy groups -OCH3 is 1. The average Bonchev–Trinajstić information content (AvgIpc) is 2.67. The van der Waals surface area contributed by atoms with Crippen molar-refractivity contribution in [3.05, 3.63) is 35.4 Å². The smallest absolute Gasteiger partial charge is 0.338 e. The lowest BCUT2D eigenvalue weighted by atomic mass is 10.1. The van der Waals surface area contributed by atoms with Crippen molar-refractivity contribution >= 4 is 5.97 Å². The van der Waals surface area contributed by atoms with E-state index in [1.54, 1.807) is 0 Å². The van der Waals surface area contributed by atoms with Gasteiger partial charge in [-0.15, -0.1) is 0 Å². The van der Waals surface area contributed by atoms with E-state index in [4.69, 9.17) is 4.74 Å². The zero-order valence-electron chi connectivity index (χ0n) is 11.0. The number of ether oxygens (including phenoxy) is 1. The fourth-order valence-corrected chi connectivity index (χ4v) is 2.50. The lowest BCUT2D eigenvalue weighted by Gasteiger charge is -2.20. The first kappa shape index (κ1) is 13.1. The molecule has 0 unspecified atom stereocenters. The van der Waals surface area contributed by atoms with Crippen LogP contribution in [-0.4, -0.2) is 31.1 Å². The number of benzene rings is 1. The molecule has 1 aromatic rings. The van der Waals surface area contributed by atoms with Gasteiger partial charge in [-0.3, -0.25) is 4.90 Å². The summed E-state index contributed by atoms with van der Waals surface area (Å²) in [6.07, 6.45) is 5.19. The molecule has 0 N–H and O–H groups in total. The summed E-state index contributed by atoms with van der Waals surface area (Å²) in [4.78, 5) is 14.1. The molecule has 1 aromatic carbocycles. The maximum absolute atomic E-state index is 11.7. The molecular formula is C15H21NO2. The minimum Gasteiger partial charge on any atom is -0.465 e. The van der Waals surface area contributed by atoms with Crippen molar-refractivity contribution in [1.29, 1.82) is 0 Å². The van der Waals surface area contributed by atoms with E-state index in [9.17, 15) is 4.79 Å². The van der Waals surface area contributed by atoms with E-state index in [1.165, 1.54) is 32.8 Å². The fourth-order valence-electron chi connectivity index (χ4n) is 2.50. The first-order chi connectivity index (χ1) is 8.81. The van der Waals surface area contributed by atoms with E-state index >= 15 is 0 Å². The Morgan fingerprint density at radius 3 is 2.50 bits per heavy atom. The highest BCUT2D eigenvalue weighted by Gasteiger charge is 2.15. The maximum atomic E-state index is 11.7. The van der Waals surface area contributed by atoms with Crippen molar-refractivity contribution in [2.24, 2.45) is 0 Å². The summed E-state index contributed by atoms with van der Waals surface area (Å²) in [5.41, 5.74) is 1.77. The Kier molecular flexibility index (Phi) is 4.76. The number of rotatable bonds is 3. The van der Waals surface area contributed by atoms with Gasteiger partial charge in [-0.05, 0) is 37.6 Å². The lowest BCUT2D eigenvalue weighted by Crippen LogP contribution is -2.25. The van der Waals surface area contributed by atoms with Gasteiger partial charge in [0, 0.05) is 6.54 Å². The summed E-state index contributed by atoms with van der Waals surface area (Å²) in [5.74, 6) is -0.236. The molecule has 0 spiro atoms. The molecule has 98 valence electrons. The highest BCUT2D eigenvalue weighted by atomic mass is 16.5. The van der Waals surface area contributed by atoms with Crippen LogP contribution in [-0.2, 0) is 11.3 Å². The molecular weight excluding hydrogens is 226 g/mol. The second kappa shape index (κ2) is 6.55. The fraction of sp³-hybridized carbons (Fsp3) is 0.533. The largest absolute Gasteiger partial charge is 0.465 e. The Morgan fingerprint density at radius 1 is 1.17 bits per heavy atom. The molecule has 1 saturated heterocycles. The maximum Gasteiger partial charge on any atom is 0.338 e. The molecule has 0 bridgehead atoms. The molecule has 2 rings (SSSR count). The third kappa shape index (κ3) is 3.33. The van der Waals surface area contributed by atoms with Crippen LogP contribution in [0.4, 0.5) is 0 Å². The van der Waals surface area contributed by atoms with Crippen LogP contribution < -0.4 is 0 Å². The Hall–Kier alpha value is -1.35. The van der Waals surface area contributed by atoms with Crippen molar-refractivity contribution in [3.63, 3.8) is 0 Å². The normalized spacial score (nSPS) is 17.2. The molecule has 0 saturated carbocycles. The topological polar surface area (TPSA) is 29.5 Å². The van der Waals surface area contributed by atoms with E-state index in [0.29, 0.717) is 5.56 Å². The lowest BCUT2D eigenvalue weighted by molar-refractivity contribution is 0.0598. The van der Waals surface area contributed by atoms with Gasteiger partial charge in [0.15, 0.2) is 0 Å². The van der Waals surface area contributed by atoms with Crippen LogP contribution in [0.1, 0.15) is 41.6 Å². The third-order valence-corrected chi connectivity index (χ3v) is 3.52. The zero-order chi connectivity index (χ0) is 12.8. The van der Waals surface area contributed by atoms with E-state index in [-0.39, 0.29) is 5.97 Å². The first-order valence-electron chi connectivity index (χ1n) is 6.70. The molecule has 18 heavy (non-hydrogen) atoms. The van der Waals surface area contributed by atoms with Gasteiger partial charge in [0.05, 0.1) is 12.7 Å². The van der Waals surface area contributed by atoms with Crippen LogP contribution in [0.3, 0.4) is 0 Å². The highest BCUT2D eigenvalue weighted by molar-refractivity contribution is 5.90. The Bertz CT molecular complexity index is 395. The van der Waals surface area contributed by atoms with Crippen LogP contribution >= 0.6 is 0 Å². The number of carbonyl (C=O) groups excluding carboxylic acids is 1. The molecule has 3 heteroatoms. The summed E-state index contributed by atoms with van der Waals surface area (Å²) < 4.78 is 4.83. The molecule has 3 nitrogen and oxygen atoms in total. The van der Waals surface area contributed by atoms with Crippen molar-refractivity contribution in [2.45, 2.75) is 32.2 Å². The standard InChI is InChI=1S/C15H21NO2/c1-18-15(17)14-9-5-4-8-13(14)12-16-10-6-2-3-7-11-16/h4-5,8-9H,2-3,6-7,10-12H2,1H3.